The summed E-state index contributed by atoms with van der Waals surface area (Å²) < 4.78 is 26.6. The second-order valence-electron chi connectivity index (χ2n) is 4.82. The summed E-state index contributed by atoms with van der Waals surface area (Å²) in [7, 11) is 0.557. The molecule has 6 nitrogen and oxygen atoms in total. The van der Waals surface area contributed by atoms with E-state index in [4.69, 9.17) is 0 Å². The van der Waals surface area contributed by atoms with Gasteiger partial charge in [-0.25, -0.2) is 18.1 Å². The van der Waals surface area contributed by atoms with E-state index in [9.17, 15) is 8.42 Å². The lowest BCUT2D eigenvalue weighted by molar-refractivity contribution is 0.394. The average Bonchev–Trinajstić information content (AvgIpc) is 2.39. The minimum absolute atomic E-state index is 0.201. The summed E-state index contributed by atoms with van der Waals surface area (Å²) in [4.78, 5) is 6.35. The minimum atomic E-state index is -3.45. The number of nitrogens with zero attached hydrogens (tertiary/aromatic N) is 2. The monoisotopic (exact) mass is 300 g/mol. The highest BCUT2D eigenvalue weighted by Crippen LogP contribution is 2.10. The van der Waals surface area contributed by atoms with Crippen LogP contribution in [-0.4, -0.2) is 52.0 Å². The molecule has 7 heteroatoms. The number of pyridine rings is 1. The van der Waals surface area contributed by atoms with E-state index < -0.39 is 10.0 Å². The fraction of sp³-hybridized carbons (Fsp3) is 0.615. The summed E-state index contributed by atoms with van der Waals surface area (Å²) in [6.45, 7) is 4.12. The normalized spacial score (nSPS) is 11.8. The molecule has 1 aromatic rings. The SMILES string of the molecule is CCNc1ccc(S(=O)(=O)NCCCCN(C)C)cn1. The van der Waals surface area contributed by atoms with E-state index in [-0.39, 0.29) is 4.90 Å². The number of sulfonamides is 1. The molecule has 0 spiro atoms. The molecular formula is C13H24N4O2S. The molecule has 20 heavy (non-hydrogen) atoms. The number of hydrogen-bond donors (Lipinski definition) is 2. The Hall–Kier alpha value is -1.18. The molecule has 114 valence electrons. The van der Waals surface area contributed by atoms with E-state index in [1.54, 1.807) is 12.1 Å². The lowest BCUT2D eigenvalue weighted by Gasteiger charge is -2.10. The lowest BCUT2D eigenvalue weighted by Crippen LogP contribution is -2.25. The van der Waals surface area contributed by atoms with Crippen molar-refractivity contribution in [2.75, 3.05) is 39.0 Å². The highest BCUT2D eigenvalue weighted by atomic mass is 32.2. The third-order valence-corrected chi connectivity index (χ3v) is 4.17. The van der Waals surface area contributed by atoms with Gasteiger partial charge in [-0.15, -0.1) is 0 Å². The molecule has 1 aromatic heterocycles. The molecule has 1 heterocycles. The fourth-order valence-electron chi connectivity index (χ4n) is 1.67. The van der Waals surface area contributed by atoms with Gasteiger partial charge in [-0.05, 0) is 52.5 Å². The van der Waals surface area contributed by atoms with E-state index in [0.29, 0.717) is 12.4 Å². The second kappa shape index (κ2) is 8.18. The molecule has 0 bridgehead atoms. The molecule has 2 N–H and O–H groups in total. The van der Waals surface area contributed by atoms with Gasteiger partial charge in [-0.3, -0.25) is 0 Å². The van der Waals surface area contributed by atoms with Crippen LogP contribution in [0.5, 0.6) is 0 Å². The number of anilines is 1. The van der Waals surface area contributed by atoms with Crippen molar-refractivity contribution >= 4 is 15.8 Å². The zero-order valence-electron chi connectivity index (χ0n) is 12.4. The highest BCUT2D eigenvalue weighted by molar-refractivity contribution is 7.89. The minimum Gasteiger partial charge on any atom is -0.370 e. The van der Waals surface area contributed by atoms with Crippen LogP contribution < -0.4 is 10.0 Å². The molecule has 0 aliphatic carbocycles. The first kappa shape index (κ1) is 16.9. The molecule has 0 radical (unpaired) electrons. The molecule has 0 fully saturated rings. The van der Waals surface area contributed by atoms with Crippen LogP contribution in [0.15, 0.2) is 23.2 Å². The number of nitrogens with one attached hydrogen (secondary N) is 2. The summed E-state index contributed by atoms with van der Waals surface area (Å²) in [5.41, 5.74) is 0. The van der Waals surface area contributed by atoms with E-state index in [2.05, 4.69) is 19.9 Å². The molecule has 0 atom stereocenters. The number of hydrogen-bond acceptors (Lipinski definition) is 5. The summed E-state index contributed by atoms with van der Waals surface area (Å²) >= 11 is 0. The predicted octanol–water partition coefficient (Wildman–Crippen LogP) is 1.13. The standard InChI is InChI=1S/C13H24N4O2S/c1-4-14-13-8-7-12(11-15-13)20(18,19)16-9-5-6-10-17(2)3/h7-8,11,16H,4-6,9-10H2,1-3H3,(H,14,15). The van der Waals surface area contributed by atoms with E-state index >= 15 is 0 Å². The first-order valence-corrected chi connectivity index (χ1v) is 8.28. The molecule has 0 saturated carbocycles. The second-order valence-corrected chi connectivity index (χ2v) is 6.58. The van der Waals surface area contributed by atoms with Crippen molar-refractivity contribution < 1.29 is 8.42 Å². The fourth-order valence-corrected chi connectivity index (χ4v) is 2.69. The molecule has 0 aliphatic heterocycles. The van der Waals surface area contributed by atoms with Gasteiger partial charge < -0.3 is 10.2 Å². The third kappa shape index (κ3) is 5.85. The number of rotatable bonds is 9. The Bertz CT molecular complexity index is 486. The topological polar surface area (TPSA) is 74.3 Å². The summed E-state index contributed by atoms with van der Waals surface area (Å²) in [6.07, 6.45) is 3.16. The number of unbranched alkanes of at least 4 members (excludes halogenated alkanes) is 1. The van der Waals surface area contributed by atoms with Crippen LogP contribution in [0.3, 0.4) is 0 Å². The average molecular weight is 300 g/mol. The molecule has 0 unspecified atom stereocenters. The van der Waals surface area contributed by atoms with Crippen LogP contribution in [0.25, 0.3) is 0 Å². The number of aromatic nitrogens is 1. The first-order valence-electron chi connectivity index (χ1n) is 6.80. The van der Waals surface area contributed by atoms with Crippen LogP contribution in [0.1, 0.15) is 19.8 Å². The summed E-state index contributed by atoms with van der Waals surface area (Å²) in [5, 5.41) is 3.03. The molecule has 0 saturated heterocycles. The molecule has 0 aliphatic rings. The van der Waals surface area contributed by atoms with Crippen molar-refractivity contribution in [3.8, 4) is 0 Å². The quantitative estimate of drug-likeness (QED) is 0.669. The van der Waals surface area contributed by atoms with Gasteiger partial charge in [0.15, 0.2) is 0 Å². The van der Waals surface area contributed by atoms with Crippen LogP contribution in [0, 0.1) is 0 Å². The van der Waals surface area contributed by atoms with Crippen LogP contribution >= 0.6 is 0 Å². The molecule has 0 amide bonds. The Labute approximate surface area is 121 Å². The van der Waals surface area contributed by atoms with E-state index in [1.807, 2.05) is 21.0 Å². The summed E-state index contributed by atoms with van der Waals surface area (Å²) in [5.74, 6) is 0.678. The van der Waals surface area contributed by atoms with Crippen molar-refractivity contribution in [1.82, 2.24) is 14.6 Å². The molecule has 1 rings (SSSR count). The zero-order valence-corrected chi connectivity index (χ0v) is 13.2. The lowest BCUT2D eigenvalue weighted by atomic mass is 10.3. The smallest absolute Gasteiger partial charge is 0.242 e. The van der Waals surface area contributed by atoms with Gasteiger partial charge in [0.05, 0.1) is 0 Å². The van der Waals surface area contributed by atoms with Gasteiger partial charge >= 0.3 is 0 Å². The van der Waals surface area contributed by atoms with Gasteiger partial charge in [-0.2, -0.15) is 0 Å². The Kier molecular flexibility index (Phi) is 6.90. The Morgan fingerprint density at radius 3 is 2.55 bits per heavy atom. The maximum atomic E-state index is 12.0. The maximum absolute atomic E-state index is 12.0. The van der Waals surface area contributed by atoms with Gasteiger partial charge in [0.25, 0.3) is 0 Å². The van der Waals surface area contributed by atoms with Crippen molar-refractivity contribution in [3.63, 3.8) is 0 Å². The molecule has 0 aromatic carbocycles. The maximum Gasteiger partial charge on any atom is 0.242 e. The van der Waals surface area contributed by atoms with Crippen molar-refractivity contribution in [2.45, 2.75) is 24.7 Å². The van der Waals surface area contributed by atoms with E-state index in [1.165, 1.54) is 6.20 Å². The van der Waals surface area contributed by atoms with E-state index in [0.717, 1.165) is 25.9 Å². The Balaban J connectivity index is 2.47. The van der Waals surface area contributed by atoms with Gasteiger partial charge in [0, 0.05) is 19.3 Å². The zero-order chi connectivity index (χ0) is 15.0. The predicted molar refractivity (Wildman–Crippen MR) is 81.4 cm³/mol. The van der Waals surface area contributed by atoms with Crippen LogP contribution in [-0.2, 0) is 10.0 Å². The van der Waals surface area contributed by atoms with Crippen molar-refractivity contribution in [2.24, 2.45) is 0 Å². The van der Waals surface area contributed by atoms with Crippen LogP contribution in [0.2, 0.25) is 0 Å². The van der Waals surface area contributed by atoms with Crippen molar-refractivity contribution in [3.05, 3.63) is 18.3 Å². The van der Waals surface area contributed by atoms with Gasteiger partial charge in [0.1, 0.15) is 10.7 Å². The third-order valence-electron chi connectivity index (χ3n) is 2.73. The van der Waals surface area contributed by atoms with Crippen molar-refractivity contribution in [1.29, 1.82) is 0 Å². The Morgan fingerprint density at radius 1 is 1.25 bits per heavy atom. The molecular weight excluding hydrogens is 276 g/mol. The highest BCUT2D eigenvalue weighted by Gasteiger charge is 2.13. The van der Waals surface area contributed by atoms with Gasteiger partial charge in [0.2, 0.25) is 10.0 Å². The summed E-state index contributed by atoms with van der Waals surface area (Å²) in [6, 6.07) is 3.23. The Morgan fingerprint density at radius 2 is 2.00 bits per heavy atom. The largest absolute Gasteiger partial charge is 0.370 e. The van der Waals surface area contributed by atoms with Crippen LogP contribution in [0.4, 0.5) is 5.82 Å². The first-order chi connectivity index (χ1) is 9.45. The van der Waals surface area contributed by atoms with Gasteiger partial charge in [-0.1, -0.05) is 0 Å².